The number of hydrogen-bond donors (Lipinski definition) is 0. The molecule has 1 aliphatic heterocycles. The van der Waals surface area contributed by atoms with Crippen molar-refractivity contribution >= 4 is 34.7 Å². The third-order valence-electron chi connectivity index (χ3n) is 5.33. The summed E-state index contributed by atoms with van der Waals surface area (Å²) in [6.07, 6.45) is 1.99. The van der Waals surface area contributed by atoms with E-state index < -0.39 is 5.97 Å². The third-order valence-corrected chi connectivity index (χ3v) is 6.20. The zero-order valence-corrected chi connectivity index (χ0v) is 17.7. The van der Waals surface area contributed by atoms with Crippen LogP contribution >= 0.6 is 11.8 Å². The fraction of sp³-hybridized carbons (Fsp3) is 0.348. The van der Waals surface area contributed by atoms with Crippen molar-refractivity contribution in [1.82, 2.24) is 9.88 Å². The lowest BCUT2D eigenvalue weighted by Crippen LogP contribution is -2.40. The molecule has 1 saturated heterocycles. The van der Waals surface area contributed by atoms with Crippen LogP contribution in [-0.4, -0.2) is 41.5 Å². The summed E-state index contributed by atoms with van der Waals surface area (Å²) in [5.41, 5.74) is 2.81. The Morgan fingerprint density at radius 2 is 1.87 bits per heavy atom. The first-order valence-electron chi connectivity index (χ1n) is 10.1. The largest absolute Gasteiger partial charge is 0.452 e. The van der Waals surface area contributed by atoms with Crippen molar-refractivity contribution in [3.63, 3.8) is 0 Å². The molecule has 0 atom stereocenters. The van der Waals surface area contributed by atoms with Gasteiger partial charge >= 0.3 is 5.97 Å². The lowest BCUT2D eigenvalue weighted by Gasteiger charge is -2.30. The van der Waals surface area contributed by atoms with E-state index in [4.69, 9.17) is 9.15 Å². The topological polar surface area (TPSA) is 72.6 Å². The standard InChI is InChI=1S/C23H24N2O4S/c1-16-10-12-25(13-11-16)21(26)14-28-22(27)18-7-3-2-6-17(18)15-30-23-24-19-8-4-5-9-20(19)29-23/h2-9,16H,10-15H2,1H3. The zero-order valence-electron chi connectivity index (χ0n) is 16.9. The number of nitrogens with zero attached hydrogens (tertiary/aromatic N) is 2. The van der Waals surface area contributed by atoms with Gasteiger partial charge in [0.25, 0.3) is 11.1 Å². The first kappa shape index (κ1) is 20.5. The molecule has 1 aromatic heterocycles. The summed E-state index contributed by atoms with van der Waals surface area (Å²) in [5, 5.41) is 0.550. The lowest BCUT2D eigenvalue weighted by atomic mass is 9.99. The summed E-state index contributed by atoms with van der Waals surface area (Å²) in [7, 11) is 0. The Hall–Kier alpha value is -2.80. The van der Waals surface area contributed by atoms with Gasteiger partial charge in [0.1, 0.15) is 5.52 Å². The summed E-state index contributed by atoms with van der Waals surface area (Å²) in [4.78, 5) is 31.2. The number of fused-ring (bicyclic) bond motifs is 1. The molecule has 4 rings (SSSR count). The molecule has 30 heavy (non-hydrogen) atoms. The second-order valence-corrected chi connectivity index (χ2v) is 8.46. The van der Waals surface area contributed by atoms with Crippen LogP contribution in [0.1, 0.15) is 35.7 Å². The minimum Gasteiger partial charge on any atom is -0.452 e. The predicted molar refractivity (Wildman–Crippen MR) is 115 cm³/mol. The maximum absolute atomic E-state index is 12.6. The smallest absolute Gasteiger partial charge is 0.338 e. The zero-order chi connectivity index (χ0) is 20.9. The second kappa shape index (κ2) is 9.34. The molecule has 0 N–H and O–H groups in total. The molecule has 1 aliphatic rings. The molecule has 0 radical (unpaired) electrons. The van der Waals surface area contributed by atoms with Gasteiger partial charge in [0.05, 0.1) is 5.56 Å². The number of aromatic nitrogens is 1. The highest BCUT2D eigenvalue weighted by atomic mass is 32.2. The molecule has 0 unspecified atom stereocenters. The minimum atomic E-state index is -0.484. The molecule has 0 saturated carbocycles. The van der Waals surface area contributed by atoms with Gasteiger partial charge in [-0.15, -0.1) is 0 Å². The lowest BCUT2D eigenvalue weighted by molar-refractivity contribution is -0.135. The molecule has 1 fully saturated rings. The van der Waals surface area contributed by atoms with E-state index in [1.807, 2.05) is 36.4 Å². The number of amides is 1. The highest BCUT2D eigenvalue weighted by molar-refractivity contribution is 7.98. The van der Waals surface area contributed by atoms with E-state index in [0.717, 1.165) is 42.6 Å². The SMILES string of the molecule is CC1CCN(C(=O)COC(=O)c2ccccc2CSc2nc3ccccc3o2)CC1. The van der Waals surface area contributed by atoms with Crippen molar-refractivity contribution in [1.29, 1.82) is 0 Å². The van der Waals surface area contributed by atoms with Gasteiger partial charge in [-0.1, -0.05) is 49.0 Å². The van der Waals surface area contributed by atoms with Gasteiger partial charge in [-0.3, -0.25) is 4.79 Å². The quantitative estimate of drug-likeness (QED) is 0.427. The fourth-order valence-electron chi connectivity index (χ4n) is 3.45. The number of benzene rings is 2. The van der Waals surface area contributed by atoms with Crippen LogP contribution < -0.4 is 0 Å². The second-order valence-electron chi connectivity index (χ2n) is 7.53. The van der Waals surface area contributed by atoms with Crippen molar-refractivity contribution in [3.05, 3.63) is 59.7 Å². The van der Waals surface area contributed by atoms with Crippen LogP contribution in [-0.2, 0) is 15.3 Å². The third kappa shape index (κ3) is 4.84. The van der Waals surface area contributed by atoms with Gasteiger partial charge in [-0.25, -0.2) is 9.78 Å². The van der Waals surface area contributed by atoms with E-state index in [-0.39, 0.29) is 12.5 Å². The Balaban J connectivity index is 1.36. The normalized spacial score (nSPS) is 14.8. The highest BCUT2D eigenvalue weighted by Gasteiger charge is 2.22. The van der Waals surface area contributed by atoms with Crippen LogP contribution in [0, 0.1) is 5.92 Å². The van der Waals surface area contributed by atoms with E-state index in [1.165, 1.54) is 11.8 Å². The molecule has 1 amide bonds. The molecule has 0 bridgehead atoms. The van der Waals surface area contributed by atoms with Crippen LogP contribution in [0.5, 0.6) is 0 Å². The molecule has 6 nitrogen and oxygen atoms in total. The molecular weight excluding hydrogens is 400 g/mol. The molecule has 3 aromatic rings. The Morgan fingerprint density at radius 3 is 2.67 bits per heavy atom. The summed E-state index contributed by atoms with van der Waals surface area (Å²) in [5.74, 6) is 0.536. The first-order chi connectivity index (χ1) is 14.6. The average Bonchev–Trinajstić information content (AvgIpc) is 3.19. The number of thioether (sulfide) groups is 1. The summed E-state index contributed by atoms with van der Waals surface area (Å²) < 4.78 is 11.1. The van der Waals surface area contributed by atoms with Crippen LogP contribution in [0.2, 0.25) is 0 Å². The fourth-order valence-corrected chi connectivity index (χ4v) is 4.29. The number of hydrogen-bond acceptors (Lipinski definition) is 6. The number of carbonyl (C=O) groups excluding carboxylic acids is 2. The number of piperidine rings is 1. The maximum atomic E-state index is 12.6. The monoisotopic (exact) mass is 424 g/mol. The van der Waals surface area contributed by atoms with Crippen LogP contribution in [0.4, 0.5) is 0 Å². The van der Waals surface area contributed by atoms with Crippen molar-refractivity contribution in [2.75, 3.05) is 19.7 Å². The molecule has 7 heteroatoms. The Labute approximate surface area is 179 Å². The van der Waals surface area contributed by atoms with E-state index in [1.54, 1.807) is 17.0 Å². The number of ether oxygens (including phenoxy) is 1. The summed E-state index contributed by atoms with van der Waals surface area (Å²) in [6.45, 7) is 3.43. The molecule has 2 heterocycles. The van der Waals surface area contributed by atoms with Crippen molar-refractivity contribution in [2.45, 2.75) is 30.7 Å². The summed E-state index contributed by atoms with van der Waals surface area (Å²) in [6, 6.07) is 14.8. The number of para-hydroxylation sites is 2. The molecule has 0 spiro atoms. The van der Waals surface area contributed by atoms with Gasteiger partial charge in [0.15, 0.2) is 12.2 Å². The summed E-state index contributed by atoms with van der Waals surface area (Å²) >= 11 is 1.42. The first-order valence-corrected chi connectivity index (χ1v) is 11.1. The van der Waals surface area contributed by atoms with Crippen molar-refractivity contribution < 1.29 is 18.7 Å². The van der Waals surface area contributed by atoms with Gasteiger partial charge in [-0.2, -0.15) is 0 Å². The van der Waals surface area contributed by atoms with Gasteiger partial charge in [0.2, 0.25) is 0 Å². The van der Waals surface area contributed by atoms with Crippen molar-refractivity contribution in [2.24, 2.45) is 5.92 Å². The highest BCUT2D eigenvalue weighted by Crippen LogP contribution is 2.27. The minimum absolute atomic E-state index is 0.131. The molecule has 156 valence electrons. The predicted octanol–water partition coefficient (Wildman–Crippen LogP) is 4.54. The Morgan fingerprint density at radius 1 is 1.13 bits per heavy atom. The van der Waals surface area contributed by atoms with E-state index in [0.29, 0.717) is 22.5 Å². The molecular formula is C23H24N2O4S. The van der Waals surface area contributed by atoms with Crippen molar-refractivity contribution in [3.8, 4) is 0 Å². The van der Waals surface area contributed by atoms with Gasteiger partial charge in [-0.05, 0) is 42.5 Å². The van der Waals surface area contributed by atoms with Crippen LogP contribution in [0.15, 0.2) is 58.2 Å². The Kier molecular flexibility index (Phi) is 6.38. The molecule has 2 aromatic carbocycles. The van der Waals surface area contributed by atoms with E-state index >= 15 is 0 Å². The average molecular weight is 425 g/mol. The number of oxazole rings is 1. The number of likely N-dealkylation sites (tertiary alicyclic amines) is 1. The van der Waals surface area contributed by atoms with Gasteiger partial charge < -0.3 is 14.1 Å². The van der Waals surface area contributed by atoms with E-state index in [9.17, 15) is 9.59 Å². The number of carbonyl (C=O) groups is 2. The number of rotatable bonds is 6. The van der Waals surface area contributed by atoms with Crippen LogP contribution in [0.25, 0.3) is 11.1 Å². The van der Waals surface area contributed by atoms with Crippen LogP contribution in [0.3, 0.4) is 0 Å². The molecule has 0 aliphatic carbocycles. The van der Waals surface area contributed by atoms with E-state index in [2.05, 4.69) is 11.9 Å². The number of esters is 1. The Bertz CT molecular complexity index is 1010. The van der Waals surface area contributed by atoms with Gasteiger partial charge in [0, 0.05) is 18.8 Å². The maximum Gasteiger partial charge on any atom is 0.338 e.